The SMILES string of the molecule is CCCN1C(c2ccccc2)=NC(C(F)(F)F)(C(F)(F)F)N=C1c1ccc(Cl)cc1. The van der Waals surface area contributed by atoms with Crippen molar-refractivity contribution in [1.82, 2.24) is 4.90 Å². The third-order valence-electron chi connectivity index (χ3n) is 4.42. The molecule has 0 unspecified atom stereocenters. The Labute approximate surface area is 173 Å². The number of hydrogen-bond acceptors (Lipinski definition) is 3. The largest absolute Gasteiger partial charge is 0.443 e. The molecule has 2 aromatic rings. The number of amidine groups is 2. The number of benzene rings is 2. The van der Waals surface area contributed by atoms with Crippen LogP contribution in [0.4, 0.5) is 26.3 Å². The van der Waals surface area contributed by atoms with Crippen LogP contribution >= 0.6 is 11.6 Å². The van der Waals surface area contributed by atoms with Crippen molar-refractivity contribution < 1.29 is 26.3 Å². The van der Waals surface area contributed by atoms with Crippen molar-refractivity contribution in [2.45, 2.75) is 31.4 Å². The minimum absolute atomic E-state index is 0.0639. The van der Waals surface area contributed by atoms with Crippen molar-refractivity contribution in [2.75, 3.05) is 6.54 Å². The van der Waals surface area contributed by atoms with Crippen molar-refractivity contribution in [3.05, 3.63) is 70.7 Å². The van der Waals surface area contributed by atoms with Gasteiger partial charge in [-0.1, -0.05) is 48.9 Å². The van der Waals surface area contributed by atoms with Gasteiger partial charge in [-0.05, 0) is 30.7 Å². The average Bonchev–Trinajstić information content (AvgIpc) is 2.68. The van der Waals surface area contributed by atoms with Gasteiger partial charge in [0.1, 0.15) is 11.7 Å². The zero-order valence-electron chi connectivity index (χ0n) is 15.6. The summed E-state index contributed by atoms with van der Waals surface area (Å²) in [6.45, 7) is 1.86. The molecular formula is C20H16ClF6N3. The van der Waals surface area contributed by atoms with Gasteiger partial charge in [-0.2, -0.15) is 26.3 Å². The molecule has 0 saturated carbocycles. The second kappa shape index (κ2) is 7.94. The van der Waals surface area contributed by atoms with Gasteiger partial charge in [0.05, 0.1) is 0 Å². The summed E-state index contributed by atoms with van der Waals surface area (Å²) in [5.41, 5.74) is -4.44. The first-order chi connectivity index (χ1) is 14.0. The lowest BCUT2D eigenvalue weighted by atomic mass is 10.0. The number of alkyl halides is 6. The molecule has 0 fully saturated rings. The molecule has 0 aromatic heterocycles. The van der Waals surface area contributed by atoms with Crippen LogP contribution in [-0.4, -0.2) is 41.1 Å². The zero-order valence-corrected chi connectivity index (χ0v) is 16.4. The van der Waals surface area contributed by atoms with E-state index in [1.54, 1.807) is 13.0 Å². The molecule has 1 aliphatic heterocycles. The van der Waals surface area contributed by atoms with Crippen molar-refractivity contribution in [3.8, 4) is 0 Å². The summed E-state index contributed by atoms with van der Waals surface area (Å²) in [5, 5.41) is 0.284. The van der Waals surface area contributed by atoms with Gasteiger partial charge in [0.15, 0.2) is 0 Å². The van der Waals surface area contributed by atoms with Gasteiger partial charge in [0.25, 0.3) is 0 Å². The molecule has 0 bridgehead atoms. The van der Waals surface area contributed by atoms with Gasteiger partial charge < -0.3 is 4.90 Å². The van der Waals surface area contributed by atoms with Crippen LogP contribution in [-0.2, 0) is 0 Å². The van der Waals surface area contributed by atoms with Gasteiger partial charge >= 0.3 is 18.0 Å². The van der Waals surface area contributed by atoms with Crippen molar-refractivity contribution in [1.29, 1.82) is 0 Å². The molecule has 0 radical (unpaired) electrons. The molecule has 1 aliphatic rings. The van der Waals surface area contributed by atoms with Crippen LogP contribution in [0, 0.1) is 0 Å². The molecule has 160 valence electrons. The van der Waals surface area contributed by atoms with Crippen LogP contribution in [0.1, 0.15) is 24.5 Å². The number of hydrogen-bond donors (Lipinski definition) is 0. The van der Waals surface area contributed by atoms with Gasteiger partial charge in [-0.3, -0.25) is 0 Å². The Morgan fingerprint density at radius 2 is 1.27 bits per heavy atom. The summed E-state index contributed by atoms with van der Waals surface area (Å²) < 4.78 is 83.2. The van der Waals surface area contributed by atoms with E-state index in [9.17, 15) is 26.3 Å². The molecule has 10 heteroatoms. The van der Waals surface area contributed by atoms with Gasteiger partial charge in [-0.25, -0.2) is 9.98 Å². The van der Waals surface area contributed by atoms with E-state index >= 15 is 0 Å². The summed E-state index contributed by atoms with van der Waals surface area (Å²) in [6, 6.07) is 12.8. The first-order valence-electron chi connectivity index (χ1n) is 8.92. The first-order valence-corrected chi connectivity index (χ1v) is 9.30. The standard InChI is InChI=1S/C20H16ClF6N3/c1-2-12-30-16(13-6-4-3-5-7-13)28-18(19(22,23)24,20(25,26)27)29-17(30)14-8-10-15(21)11-9-14/h3-11H,2,12H2,1H3. The highest BCUT2D eigenvalue weighted by Crippen LogP contribution is 2.49. The van der Waals surface area contributed by atoms with E-state index in [1.807, 2.05) is 0 Å². The molecule has 0 N–H and O–H groups in total. The smallest absolute Gasteiger partial charge is 0.310 e. The predicted molar refractivity (Wildman–Crippen MR) is 103 cm³/mol. The maximum absolute atomic E-state index is 13.9. The third-order valence-corrected chi connectivity index (χ3v) is 4.67. The number of aliphatic imine (C=N–C) groups is 2. The van der Waals surface area contributed by atoms with E-state index in [0.29, 0.717) is 6.42 Å². The Bertz CT molecular complexity index is 935. The van der Waals surface area contributed by atoms with Crippen LogP contribution in [0.2, 0.25) is 5.02 Å². The number of rotatable bonds is 4. The molecule has 2 aromatic carbocycles. The van der Waals surface area contributed by atoms with Crippen molar-refractivity contribution in [2.24, 2.45) is 9.98 Å². The molecule has 30 heavy (non-hydrogen) atoms. The summed E-state index contributed by atoms with van der Waals surface area (Å²) >= 11 is 5.84. The Balaban J connectivity index is 2.35. The highest BCUT2D eigenvalue weighted by atomic mass is 35.5. The van der Waals surface area contributed by atoms with E-state index < -0.39 is 29.7 Å². The molecule has 3 rings (SSSR count). The molecule has 0 amide bonds. The first kappa shape index (κ1) is 22.1. The normalized spacial score (nSPS) is 16.9. The maximum Gasteiger partial charge on any atom is 0.443 e. The molecule has 1 heterocycles. The van der Waals surface area contributed by atoms with Gasteiger partial charge in [0.2, 0.25) is 0 Å². The minimum Gasteiger partial charge on any atom is -0.310 e. The fourth-order valence-corrected chi connectivity index (χ4v) is 3.16. The molecule has 0 aliphatic carbocycles. The van der Waals surface area contributed by atoms with Crippen LogP contribution in [0.5, 0.6) is 0 Å². The van der Waals surface area contributed by atoms with Crippen LogP contribution in [0.25, 0.3) is 0 Å². The Hall–Kier alpha value is -2.55. The summed E-state index contributed by atoms with van der Waals surface area (Å²) in [7, 11) is 0. The van der Waals surface area contributed by atoms with E-state index in [2.05, 4.69) is 9.98 Å². The maximum atomic E-state index is 13.9. The monoisotopic (exact) mass is 447 g/mol. The average molecular weight is 448 g/mol. The number of nitrogens with zero attached hydrogens (tertiary/aromatic N) is 3. The Morgan fingerprint density at radius 3 is 1.70 bits per heavy atom. The summed E-state index contributed by atoms with van der Waals surface area (Å²) in [5.74, 6) is -0.927. The van der Waals surface area contributed by atoms with E-state index in [-0.39, 0.29) is 22.7 Å². The molecular weight excluding hydrogens is 432 g/mol. The highest BCUT2D eigenvalue weighted by Gasteiger charge is 2.73. The van der Waals surface area contributed by atoms with Gasteiger partial charge in [0, 0.05) is 22.7 Å². The number of halogens is 7. The lowest BCUT2D eigenvalue weighted by molar-refractivity contribution is -0.292. The van der Waals surface area contributed by atoms with E-state index in [0.717, 1.165) is 0 Å². The Kier molecular flexibility index (Phi) is 5.86. The fourth-order valence-electron chi connectivity index (χ4n) is 3.03. The highest BCUT2D eigenvalue weighted by molar-refractivity contribution is 6.30. The van der Waals surface area contributed by atoms with E-state index in [1.165, 1.54) is 53.4 Å². The quantitative estimate of drug-likeness (QED) is 0.522. The minimum atomic E-state index is -5.80. The lowest BCUT2D eigenvalue weighted by Gasteiger charge is -2.39. The Morgan fingerprint density at radius 1 is 0.800 bits per heavy atom. The second-order valence-corrected chi connectivity index (χ2v) is 7.00. The van der Waals surface area contributed by atoms with Crippen molar-refractivity contribution >= 4 is 23.3 Å². The predicted octanol–water partition coefficient (Wildman–Crippen LogP) is 6.08. The molecule has 3 nitrogen and oxygen atoms in total. The molecule has 0 spiro atoms. The topological polar surface area (TPSA) is 28.0 Å². The summed E-state index contributed by atoms with van der Waals surface area (Å²) in [4.78, 5) is 7.66. The van der Waals surface area contributed by atoms with Crippen LogP contribution < -0.4 is 0 Å². The summed E-state index contributed by atoms with van der Waals surface area (Å²) in [6.07, 6.45) is -11.2. The molecule has 0 atom stereocenters. The van der Waals surface area contributed by atoms with E-state index in [4.69, 9.17) is 11.6 Å². The fraction of sp³-hybridized carbons (Fsp3) is 0.300. The van der Waals surface area contributed by atoms with Gasteiger partial charge in [-0.15, -0.1) is 0 Å². The third kappa shape index (κ3) is 3.90. The molecule has 0 saturated heterocycles. The second-order valence-electron chi connectivity index (χ2n) is 6.56. The van der Waals surface area contributed by atoms with Crippen LogP contribution in [0.15, 0.2) is 64.6 Å². The zero-order chi connectivity index (χ0) is 22.2. The van der Waals surface area contributed by atoms with Crippen molar-refractivity contribution in [3.63, 3.8) is 0 Å². The van der Waals surface area contributed by atoms with Crippen LogP contribution in [0.3, 0.4) is 0 Å². The lowest BCUT2D eigenvalue weighted by Crippen LogP contribution is -2.59.